The minimum atomic E-state index is -0.0254. The number of nitrogens with zero attached hydrogens (tertiary/aromatic N) is 2. The molecule has 1 aromatic rings. The number of hydrogen-bond donors (Lipinski definition) is 2. The number of H-pyrrole nitrogens is 1. The van der Waals surface area contributed by atoms with Gasteiger partial charge in [-0.05, 0) is 45.6 Å². The summed E-state index contributed by atoms with van der Waals surface area (Å²) in [5.74, 6) is 2.13. The van der Waals surface area contributed by atoms with Gasteiger partial charge in [0.25, 0.3) is 5.56 Å². The van der Waals surface area contributed by atoms with Crippen LogP contribution in [0.4, 0.5) is 5.82 Å². The lowest BCUT2D eigenvalue weighted by atomic mass is 9.82. The molecule has 0 aromatic carbocycles. The highest BCUT2D eigenvalue weighted by Crippen LogP contribution is 2.38. The Hall–Kier alpha value is -1.36. The van der Waals surface area contributed by atoms with Crippen LogP contribution in [0.1, 0.15) is 56.7 Å². The van der Waals surface area contributed by atoms with E-state index in [4.69, 9.17) is 0 Å². The lowest BCUT2D eigenvalue weighted by molar-refractivity contribution is 0.0608. The van der Waals surface area contributed by atoms with Gasteiger partial charge in [-0.15, -0.1) is 0 Å². The molecule has 2 N–H and O–H groups in total. The third-order valence-electron chi connectivity index (χ3n) is 5.42. The van der Waals surface area contributed by atoms with Crippen LogP contribution < -0.4 is 10.9 Å². The van der Waals surface area contributed by atoms with Crippen molar-refractivity contribution in [3.63, 3.8) is 0 Å². The molecule has 2 saturated heterocycles. The first kappa shape index (κ1) is 13.3. The minimum absolute atomic E-state index is 0.0254. The largest absolute Gasteiger partial charge is 0.367 e. The maximum Gasteiger partial charge on any atom is 0.252 e. The molecule has 5 heteroatoms. The Bertz CT molecular complexity index is 566. The molecule has 2 bridgehead atoms. The summed E-state index contributed by atoms with van der Waals surface area (Å²) in [6.45, 7) is 0. The molecule has 2 unspecified atom stereocenters. The van der Waals surface area contributed by atoms with E-state index in [-0.39, 0.29) is 5.56 Å². The Kier molecular flexibility index (Phi) is 3.25. The maximum absolute atomic E-state index is 11.8. The third-order valence-corrected chi connectivity index (χ3v) is 5.42. The molecule has 0 spiro atoms. The summed E-state index contributed by atoms with van der Waals surface area (Å²) in [6.07, 6.45) is 8.63. The molecule has 3 heterocycles. The van der Waals surface area contributed by atoms with Gasteiger partial charge in [0.15, 0.2) is 0 Å². The average Bonchev–Trinajstić information content (AvgIpc) is 3.23. The molecule has 3 aliphatic rings. The van der Waals surface area contributed by atoms with E-state index in [1.807, 2.05) is 0 Å². The van der Waals surface area contributed by atoms with Gasteiger partial charge >= 0.3 is 0 Å². The smallest absolute Gasteiger partial charge is 0.252 e. The van der Waals surface area contributed by atoms with Crippen LogP contribution in [0.5, 0.6) is 0 Å². The van der Waals surface area contributed by atoms with E-state index >= 15 is 0 Å². The summed E-state index contributed by atoms with van der Waals surface area (Å²) in [5.41, 5.74) is -0.0254. The van der Waals surface area contributed by atoms with Crippen LogP contribution in [0.3, 0.4) is 0 Å². The van der Waals surface area contributed by atoms with Crippen LogP contribution in [0.25, 0.3) is 0 Å². The van der Waals surface area contributed by atoms with E-state index in [1.54, 1.807) is 6.07 Å². The molecule has 1 aliphatic carbocycles. The topological polar surface area (TPSA) is 61.0 Å². The Morgan fingerprint density at radius 3 is 2.62 bits per heavy atom. The standard InChI is InChI=1S/C16H24N4O/c1-20-12-3-2-4-13(20)8-11(7-12)17-14-9-15(21)19-16(18-14)10-5-6-10/h9-13H,2-8H2,1H3,(H2,17,18,19,21). The van der Waals surface area contributed by atoms with Crippen molar-refractivity contribution >= 4 is 5.82 Å². The fourth-order valence-electron chi connectivity index (χ4n) is 4.04. The van der Waals surface area contributed by atoms with Crippen molar-refractivity contribution in [1.82, 2.24) is 14.9 Å². The number of anilines is 1. The monoisotopic (exact) mass is 288 g/mol. The second-order valence-corrected chi connectivity index (χ2v) is 7.01. The molecule has 4 rings (SSSR count). The summed E-state index contributed by atoms with van der Waals surface area (Å²) in [7, 11) is 2.27. The number of rotatable bonds is 3. The molecular weight excluding hydrogens is 264 g/mol. The van der Waals surface area contributed by atoms with Crippen LogP contribution in [-0.4, -0.2) is 40.0 Å². The van der Waals surface area contributed by atoms with Crippen molar-refractivity contribution < 1.29 is 0 Å². The van der Waals surface area contributed by atoms with Crippen molar-refractivity contribution in [2.75, 3.05) is 12.4 Å². The van der Waals surface area contributed by atoms with E-state index in [0.717, 1.165) is 24.5 Å². The van der Waals surface area contributed by atoms with Gasteiger partial charge in [-0.2, -0.15) is 0 Å². The van der Waals surface area contributed by atoms with E-state index in [2.05, 4.69) is 27.2 Å². The zero-order chi connectivity index (χ0) is 14.4. The highest BCUT2D eigenvalue weighted by molar-refractivity contribution is 5.35. The van der Waals surface area contributed by atoms with Gasteiger partial charge in [-0.25, -0.2) is 4.98 Å². The van der Waals surface area contributed by atoms with E-state index in [9.17, 15) is 4.79 Å². The van der Waals surface area contributed by atoms with Crippen LogP contribution in [0.15, 0.2) is 10.9 Å². The van der Waals surface area contributed by atoms with E-state index in [1.165, 1.54) is 32.1 Å². The predicted molar refractivity (Wildman–Crippen MR) is 82.7 cm³/mol. The Morgan fingerprint density at radius 2 is 1.95 bits per heavy atom. The van der Waals surface area contributed by atoms with Gasteiger partial charge in [0.05, 0.1) is 0 Å². The van der Waals surface area contributed by atoms with Gasteiger partial charge < -0.3 is 15.2 Å². The molecule has 5 nitrogen and oxygen atoms in total. The fourth-order valence-corrected chi connectivity index (χ4v) is 4.04. The Balaban J connectivity index is 1.50. The minimum Gasteiger partial charge on any atom is -0.367 e. The first-order chi connectivity index (χ1) is 10.2. The van der Waals surface area contributed by atoms with Crippen LogP contribution in [-0.2, 0) is 0 Å². The quantitative estimate of drug-likeness (QED) is 0.894. The van der Waals surface area contributed by atoms with Crippen LogP contribution in [0, 0.1) is 0 Å². The van der Waals surface area contributed by atoms with Crippen LogP contribution in [0.2, 0.25) is 0 Å². The molecule has 21 heavy (non-hydrogen) atoms. The number of fused-ring (bicyclic) bond motifs is 2. The second kappa shape index (κ2) is 5.13. The highest BCUT2D eigenvalue weighted by atomic mass is 16.1. The van der Waals surface area contributed by atoms with Crippen molar-refractivity contribution in [2.45, 2.75) is 69.0 Å². The number of aromatic nitrogens is 2. The molecular formula is C16H24N4O. The normalized spacial score (nSPS) is 32.9. The number of aromatic amines is 1. The molecule has 0 amide bonds. The number of piperidine rings is 2. The summed E-state index contributed by atoms with van der Waals surface area (Å²) in [5, 5.41) is 3.54. The summed E-state index contributed by atoms with van der Waals surface area (Å²) < 4.78 is 0. The van der Waals surface area contributed by atoms with E-state index < -0.39 is 0 Å². The summed E-state index contributed by atoms with van der Waals surface area (Å²) in [4.78, 5) is 21.8. The second-order valence-electron chi connectivity index (χ2n) is 7.01. The van der Waals surface area contributed by atoms with Gasteiger partial charge in [0.2, 0.25) is 0 Å². The third kappa shape index (κ3) is 2.71. The maximum atomic E-state index is 11.8. The molecule has 114 valence electrons. The van der Waals surface area contributed by atoms with Gasteiger partial charge in [-0.1, -0.05) is 6.42 Å². The highest BCUT2D eigenvalue weighted by Gasteiger charge is 2.36. The molecule has 1 saturated carbocycles. The van der Waals surface area contributed by atoms with Crippen molar-refractivity contribution in [3.8, 4) is 0 Å². The lowest BCUT2D eigenvalue weighted by Gasteiger charge is -2.47. The molecule has 2 atom stereocenters. The van der Waals surface area contributed by atoms with Gasteiger partial charge in [0, 0.05) is 30.1 Å². The zero-order valence-corrected chi connectivity index (χ0v) is 12.6. The van der Waals surface area contributed by atoms with Gasteiger partial charge in [0.1, 0.15) is 11.6 Å². The Labute approximate surface area is 125 Å². The molecule has 1 aromatic heterocycles. The summed E-state index contributed by atoms with van der Waals surface area (Å²) >= 11 is 0. The first-order valence-electron chi connectivity index (χ1n) is 8.29. The average molecular weight is 288 g/mol. The predicted octanol–water partition coefficient (Wildman–Crippen LogP) is 2.07. The molecule has 2 aliphatic heterocycles. The van der Waals surface area contributed by atoms with Gasteiger partial charge in [-0.3, -0.25) is 4.79 Å². The number of hydrogen-bond acceptors (Lipinski definition) is 4. The van der Waals surface area contributed by atoms with Crippen molar-refractivity contribution in [1.29, 1.82) is 0 Å². The number of nitrogens with one attached hydrogen (secondary N) is 2. The molecule has 0 radical (unpaired) electrons. The summed E-state index contributed by atoms with van der Waals surface area (Å²) in [6, 6.07) is 3.46. The fraction of sp³-hybridized carbons (Fsp3) is 0.750. The molecule has 3 fully saturated rings. The zero-order valence-electron chi connectivity index (χ0n) is 12.6. The van der Waals surface area contributed by atoms with Crippen LogP contribution >= 0.6 is 0 Å². The van der Waals surface area contributed by atoms with Crippen molar-refractivity contribution in [3.05, 3.63) is 22.2 Å². The SMILES string of the molecule is CN1C2CCCC1CC(Nc1cc(=O)[nH]c(C3CC3)n1)C2. The van der Waals surface area contributed by atoms with E-state index in [0.29, 0.717) is 24.0 Å². The lowest BCUT2D eigenvalue weighted by Crippen LogP contribution is -2.52. The van der Waals surface area contributed by atoms with Crippen molar-refractivity contribution in [2.24, 2.45) is 0 Å². The first-order valence-corrected chi connectivity index (χ1v) is 8.29. The Morgan fingerprint density at radius 1 is 1.24 bits per heavy atom.